The molecule has 6 heteroatoms. The number of aromatic nitrogens is 4. The van der Waals surface area contributed by atoms with Gasteiger partial charge in [-0.1, -0.05) is 5.21 Å². The van der Waals surface area contributed by atoms with Crippen molar-refractivity contribution in [1.82, 2.24) is 20.6 Å². The molecule has 0 aliphatic carbocycles. The number of hydrogen-bond donors (Lipinski definition) is 1. The van der Waals surface area contributed by atoms with Crippen LogP contribution < -0.4 is 0 Å². The molecule has 0 aliphatic heterocycles. The van der Waals surface area contributed by atoms with Crippen LogP contribution in [0.1, 0.15) is 5.82 Å². The topological polar surface area (TPSA) is 54.5 Å². The van der Waals surface area contributed by atoms with Gasteiger partial charge in [-0.2, -0.15) is 5.21 Å². The highest BCUT2D eigenvalue weighted by Gasteiger charge is 2.06. The Labute approximate surface area is 49.3 Å². The third kappa shape index (κ3) is 1.71. The summed E-state index contributed by atoms with van der Waals surface area (Å²) in [4.78, 5) is 0. The highest BCUT2D eigenvalue weighted by atomic mass is 19.3. The quantitative estimate of drug-likeness (QED) is 0.619. The number of hydrogen-bond acceptors (Lipinski definition) is 3. The van der Waals surface area contributed by atoms with Gasteiger partial charge in [-0.15, -0.1) is 10.2 Å². The average Bonchev–Trinajstić information content (AvgIpc) is 2.15. The van der Waals surface area contributed by atoms with E-state index in [1.807, 2.05) is 0 Å². The van der Waals surface area contributed by atoms with Crippen LogP contribution in [0.15, 0.2) is 0 Å². The maximum absolute atomic E-state index is 11.5. The first kappa shape index (κ1) is 6.06. The normalized spacial score (nSPS) is 10.6. The fraction of sp³-hybridized carbons (Fsp3) is 0.667. The van der Waals surface area contributed by atoms with E-state index in [1.165, 1.54) is 0 Å². The molecule has 0 aromatic carbocycles. The number of rotatable bonds is 2. The Kier molecular flexibility index (Phi) is 1.66. The lowest BCUT2D eigenvalue weighted by atomic mass is 10.4. The van der Waals surface area contributed by atoms with Crippen LogP contribution in [0.4, 0.5) is 8.78 Å². The lowest BCUT2D eigenvalue weighted by Crippen LogP contribution is -1.98. The van der Waals surface area contributed by atoms with E-state index in [4.69, 9.17) is 0 Å². The number of tetrazole rings is 1. The molecule has 0 spiro atoms. The summed E-state index contributed by atoms with van der Waals surface area (Å²) in [5, 5.41) is 11.8. The lowest BCUT2D eigenvalue weighted by Gasteiger charge is -1.87. The Hall–Kier alpha value is -1.07. The molecule has 0 fully saturated rings. The van der Waals surface area contributed by atoms with E-state index in [2.05, 4.69) is 20.6 Å². The number of nitrogens with one attached hydrogen (secondary N) is 1. The summed E-state index contributed by atoms with van der Waals surface area (Å²) < 4.78 is 23.0. The zero-order valence-corrected chi connectivity index (χ0v) is 4.38. The van der Waals surface area contributed by atoms with Gasteiger partial charge in [0, 0.05) is 0 Å². The van der Waals surface area contributed by atoms with E-state index in [1.54, 1.807) is 0 Å². The SMILES string of the molecule is FC(F)Cc1nn[nH]n1. The fourth-order valence-corrected chi connectivity index (χ4v) is 0.407. The maximum atomic E-state index is 11.5. The molecule has 0 saturated carbocycles. The number of halogens is 2. The van der Waals surface area contributed by atoms with Gasteiger partial charge in [-0.25, -0.2) is 8.78 Å². The second kappa shape index (κ2) is 2.47. The minimum Gasteiger partial charge on any atom is -0.210 e. The van der Waals surface area contributed by atoms with E-state index >= 15 is 0 Å². The molecular weight excluding hydrogens is 130 g/mol. The van der Waals surface area contributed by atoms with Gasteiger partial charge in [0.2, 0.25) is 6.43 Å². The van der Waals surface area contributed by atoms with Crippen LogP contribution in [-0.2, 0) is 6.42 Å². The van der Waals surface area contributed by atoms with Crippen LogP contribution >= 0.6 is 0 Å². The van der Waals surface area contributed by atoms with Gasteiger partial charge in [0.1, 0.15) is 0 Å². The summed E-state index contributed by atoms with van der Waals surface area (Å²) >= 11 is 0. The summed E-state index contributed by atoms with van der Waals surface area (Å²) in [5.74, 6) is 0.0463. The second-order valence-electron chi connectivity index (χ2n) is 1.42. The Bertz CT molecular complexity index is 160. The predicted octanol–water partition coefficient (Wildman–Crippen LogP) is 0.00730. The minimum absolute atomic E-state index is 0.0463. The van der Waals surface area contributed by atoms with Crippen LogP contribution in [0, 0.1) is 0 Å². The van der Waals surface area contributed by atoms with Crippen LogP contribution in [0.5, 0.6) is 0 Å². The van der Waals surface area contributed by atoms with Gasteiger partial charge in [-0.05, 0) is 0 Å². The molecule has 0 radical (unpaired) electrons. The standard InChI is InChI=1S/C3H4F2N4/c4-2(5)1-3-6-8-9-7-3/h2H,1H2,(H,6,7,8,9). The molecule has 4 nitrogen and oxygen atoms in total. The largest absolute Gasteiger partial charge is 0.245 e. The number of H-pyrrole nitrogens is 1. The van der Waals surface area contributed by atoms with Crippen LogP contribution in [0.25, 0.3) is 0 Å². The first-order valence-electron chi connectivity index (χ1n) is 2.29. The third-order valence-corrected chi connectivity index (χ3v) is 0.726. The average molecular weight is 134 g/mol. The van der Waals surface area contributed by atoms with Crippen LogP contribution in [0.3, 0.4) is 0 Å². The van der Waals surface area contributed by atoms with Gasteiger partial charge < -0.3 is 0 Å². The van der Waals surface area contributed by atoms with Gasteiger partial charge in [0.15, 0.2) is 5.82 Å². The first-order valence-corrected chi connectivity index (χ1v) is 2.29. The predicted molar refractivity (Wildman–Crippen MR) is 23.9 cm³/mol. The minimum atomic E-state index is -2.40. The van der Waals surface area contributed by atoms with Crippen molar-refractivity contribution < 1.29 is 8.78 Å². The van der Waals surface area contributed by atoms with Crippen molar-refractivity contribution in [1.29, 1.82) is 0 Å². The van der Waals surface area contributed by atoms with Crippen molar-refractivity contribution in [2.45, 2.75) is 12.8 Å². The van der Waals surface area contributed by atoms with E-state index < -0.39 is 12.8 Å². The van der Waals surface area contributed by atoms with Crippen LogP contribution in [-0.4, -0.2) is 27.0 Å². The summed E-state index contributed by atoms with van der Waals surface area (Å²) in [6, 6.07) is 0. The van der Waals surface area contributed by atoms with Crippen molar-refractivity contribution in [3.63, 3.8) is 0 Å². The van der Waals surface area contributed by atoms with E-state index in [9.17, 15) is 8.78 Å². The van der Waals surface area contributed by atoms with Crippen molar-refractivity contribution in [2.75, 3.05) is 0 Å². The summed E-state index contributed by atoms with van der Waals surface area (Å²) in [5.41, 5.74) is 0. The summed E-state index contributed by atoms with van der Waals surface area (Å²) in [6.07, 6.45) is -2.83. The molecule has 1 rings (SSSR count). The Morgan fingerprint density at radius 2 is 2.33 bits per heavy atom. The molecule has 50 valence electrons. The molecule has 0 amide bonds. The first-order chi connectivity index (χ1) is 4.29. The molecule has 0 bridgehead atoms. The van der Waals surface area contributed by atoms with Crippen molar-refractivity contribution in [2.24, 2.45) is 0 Å². The smallest absolute Gasteiger partial charge is 0.210 e. The van der Waals surface area contributed by atoms with Gasteiger partial charge >= 0.3 is 0 Å². The van der Waals surface area contributed by atoms with Crippen molar-refractivity contribution in [3.05, 3.63) is 5.82 Å². The Morgan fingerprint density at radius 1 is 1.56 bits per heavy atom. The molecule has 1 heterocycles. The van der Waals surface area contributed by atoms with Gasteiger partial charge in [0.05, 0.1) is 6.42 Å². The Balaban J connectivity index is 2.48. The number of aromatic amines is 1. The third-order valence-electron chi connectivity index (χ3n) is 0.726. The summed E-state index contributed by atoms with van der Waals surface area (Å²) in [7, 11) is 0. The second-order valence-corrected chi connectivity index (χ2v) is 1.42. The zero-order valence-electron chi connectivity index (χ0n) is 4.38. The highest BCUT2D eigenvalue weighted by molar-refractivity contribution is 4.76. The van der Waals surface area contributed by atoms with E-state index in [0.717, 1.165) is 0 Å². The number of nitrogens with zero attached hydrogens (tertiary/aromatic N) is 3. The lowest BCUT2D eigenvalue weighted by molar-refractivity contribution is 0.146. The van der Waals surface area contributed by atoms with Gasteiger partial charge in [0.25, 0.3) is 0 Å². The molecular formula is C3H4F2N4. The Morgan fingerprint density at radius 3 is 2.78 bits per heavy atom. The van der Waals surface area contributed by atoms with Crippen molar-refractivity contribution >= 4 is 0 Å². The van der Waals surface area contributed by atoms with E-state index in [-0.39, 0.29) is 5.82 Å². The molecule has 1 aromatic rings. The molecule has 9 heavy (non-hydrogen) atoms. The fourth-order valence-electron chi connectivity index (χ4n) is 0.407. The molecule has 1 aromatic heterocycles. The molecule has 0 saturated heterocycles. The van der Waals surface area contributed by atoms with Crippen LogP contribution in [0.2, 0.25) is 0 Å². The molecule has 0 atom stereocenters. The number of alkyl halides is 2. The zero-order chi connectivity index (χ0) is 6.69. The van der Waals surface area contributed by atoms with Gasteiger partial charge in [-0.3, -0.25) is 0 Å². The highest BCUT2D eigenvalue weighted by Crippen LogP contribution is 1.98. The monoisotopic (exact) mass is 134 g/mol. The molecule has 0 unspecified atom stereocenters. The van der Waals surface area contributed by atoms with Crippen molar-refractivity contribution in [3.8, 4) is 0 Å². The summed E-state index contributed by atoms with van der Waals surface area (Å²) in [6.45, 7) is 0. The molecule has 0 aliphatic rings. The van der Waals surface area contributed by atoms with E-state index in [0.29, 0.717) is 0 Å². The molecule has 1 N–H and O–H groups in total. The maximum Gasteiger partial charge on any atom is 0.245 e.